The standard InChI is InChI=1S/C28H20O2S2/c1-29-21-9-3-17(4-10-21)19-7-13-23-25(15-19)31-28-24-14-8-20(16-26(24)32-27(23)28)18-5-11-22(30-2)12-6-18/h3-16H,1-2H3. The van der Waals surface area contributed by atoms with E-state index < -0.39 is 0 Å². The van der Waals surface area contributed by atoms with Gasteiger partial charge in [-0.15, -0.1) is 22.7 Å². The Balaban J connectivity index is 1.43. The molecule has 32 heavy (non-hydrogen) atoms. The smallest absolute Gasteiger partial charge is 0.118 e. The van der Waals surface area contributed by atoms with Gasteiger partial charge >= 0.3 is 0 Å². The predicted molar refractivity (Wildman–Crippen MR) is 139 cm³/mol. The third-order valence-electron chi connectivity index (χ3n) is 5.93. The molecular formula is C28H20O2S2. The molecule has 0 atom stereocenters. The van der Waals surface area contributed by atoms with Crippen LogP contribution in [0.25, 0.3) is 51.8 Å². The number of fused-ring (bicyclic) bond motifs is 5. The number of benzene rings is 4. The lowest BCUT2D eigenvalue weighted by atomic mass is 10.0. The van der Waals surface area contributed by atoms with E-state index in [0.717, 1.165) is 11.5 Å². The molecule has 0 spiro atoms. The number of hydrogen-bond donors (Lipinski definition) is 0. The highest BCUT2D eigenvalue weighted by molar-refractivity contribution is 7.36. The van der Waals surface area contributed by atoms with Crippen LogP contribution >= 0.6 is 22.7 Å². The van der Waals surface area contributed by atoms with Crippen molar-refractivity contribution in [3.05, 3.63) is 84.9 Å². The summed E-state index contributed by atoms with van der Waals surface area (Å²) in [5.41, 5.74) is 4.89. The second-order valence-electron chi connectivity index (χ2n) is 7.74. The molecule has 2 nitrogen and oxygen atoms in total. The first-order valence-corrected chi connectivity index (χ1v) is 12.0. The number of ether oxygens (including phenoxy) is 2. The van der Waals surface area contributed by atoms with E-state index >= 15 is 0 Å². The molecule has 4 heteroatoms. The van der Waals surface area contributed by atoms with E-state index in [-0.39, 0.29) is 0 Å². The van der Waals surface area contributed by atoms with E-state index in [9.17, 15) is 0 Å². The highest BCUT2D eigenvalue weighted by Gasteiger charge is 2.14. The zero-order valence-electron chi connectivity index (χ0n) is 17.7. The maximum absolute atomic E-state index is 5.29. The first kappa shape index (κ1) is 19.4. The minimum absolute atomic E-state index is 0.881. The summed E-state index contributed by atoms with van der Waals surface area (Å²) in [6.07, 6.45) is 0. The molecule has 156 valence electrons. The molecule has 6 aromatic rings. The van der Waals surface area contributed by atoms with Crippen LogP contribution in [0.3, 0.4) is 0 Å². The fraction of sp³-hybridized carbons (Fsp3) is 0.0714. The zero-order valence-corrected chi connectivity index (χ0v) is 19.3. The maximum Gasteiger partial charge on any atom is 0.118 e. The Morgan fingerprint density at radius 1 is 0.469 bits per heavy atom. The summed E-state index contributed by atoms with van der Waals surface area (Å²) in [7, 11) is 3.40. The fourth-order valence-electron chi connectivity index (χ4n) is 4.18. The van der Waals surface area contributed by atoms with Gasteiger partial charge in [0.25, 0.3) is 0 Å². The van der Waals surface area contributed by atoms with Crippen molar-refractivity contribution < 1.29 is 9.47 Å². The number of thiophene rings is 2. The van der Waals surface area contributed by atoms with Gasteiger partial charge in [0.15, 0.2) is 0 Å². The number of rotatable bonds is 4. The molecule has 0 aliphatic rings. The molecule has 0 bridgehead atoms. The average molecular weight is 453 g/mol. The topological polar surface area (TPSA) is 18.5 Å². The SMILES string of the molecule is COc1ccc(-c2ccc3c(c2)sc2c4ccc(-c5ccc(OC)cc5)cc4sc32)cc1. The van der Waals surface area contributed by atoms with Crippen molar-refractivity contribution in [2.75, 3.05) is 14.2 Å². The first-order valence-electron chi connectivity index (χ1n) is 10.4. The summed E-state index contributed by atoms with van der Waals surface area (Å²) >= 11 is 3.78. The number of hydrogen-bond acceptors (Lipinski definition) is 4. The van der Waals surface area contributed by atoms with E-state index in [2.05, 4.69) is 60.7 Å². The molecule has 0 saturated carbocycles. The molecule has 4 aromatic carbocycles. The molecule has 0 aliphatic heterocycles. The van der Waals surface area contributed by atoms with E-state index in [1.54, 1.807) is 14.2 Å². The summed E-state index contributed by atoms with van der Waals surface area (Å²) in [5, 5.41) is 2.68. The van der Waals surface area contributed by atoms with Gasteiger partial charge in [-0.1, -0.05) is 48.5 Å². The Kier molecular flexibility index (Phi) is 4.63. The van der Waals surface area contributed by atoms with Crippen LogP contribution in [-0.4, -0.2) is 14.2 Å². The van der Waals surface area contributed by atoms with E-state index in [4.69, 9.17) is 9.47 Å². The molecule has 0 saturated heterocycles. The van der Waals surface area contributed by atoms with Gasteiger partial charge in [-0.3, -0.25) is 0 Å². The largest absolute Gasteiger partial charge is 0.497 e. The minimum Gasteiger partial charge on any atom is -0.497 e. The highest BCUT2D eigenvalue weighted by Crippen LogP contribution is 2.46. The van der Waals surface area contributed by atoms with E-state index in [1.807, 2.05) is 46.9 Å². The second kappa shape index (κ2) is 7.66. The van der Waals surface area contributed by atoms with Crippen LogP contribution in [0.5, 0.6) is 11.5 Å². The zero-order chi connectivity index (χ0) is 21.7. The Bertz CT molecular complexity index is 1450. The molecule has 0 radical (unpaired) electrons. The van der Waals surface area contributed by atoms with Crippen molar-refractivity contribution in [2.24, 2.45) is 0 Å². The lowest BCUT2D eigenvalue weighted by Gasteiger charge is -2.04. The van der Waals surface area contributed by atoms with Crippen LogP contribution in [0.1, 0.15) is 0 Å². The third-order valence-corrected chi connectivity index (χ3v) is 8.43. The average Bonchev–Trinajstić information content (AvgIpc) is 3.39. The Hall–Kier alpha value is -3.34. The molecule has 2 heterocycles. The van der Waals surface area contributed by atoms with Crippen molar-refractivity contribution in [3.63, 3.8) is 0 Å². The van der Waals surface area contributed by atoms with E-state index in [1.165, 1.54) is 51.8 Å². The molecule has 0 fully saturated rings. The molecule has 0 amide bonds. The molecule has 6 rings (SSSR count). The minimum atomic E-state index is 0.881. The van der Waals surface area contributed by atoms with Gasteiger partial charge in [0.1, 0.15) is 11.5 Å². The van der Waals surface area contributed by atoms with Crippen LogP contribution in [-0.2, 0) is 0 Å². The lowest BCUT2D eigenvalue weighted by molar-refractivity contribution is 0.415. The van der Waals surface area contributed by atoms with Crippen LogP contribution in [0, 0.1) is 0 Å². The monoisotopic (exact) mass is 452 g/mol. The van der Waals surface area contributed by atoms with Gasteiger partial charge in [0, 0.05) is 20.2 Å². The van der Waals surface area contributed by atoms with E-state index in [0.29, 0.717) is 0 Å². The Morgan fingerprint density at radius 3 is 1.22 bits per heavy atom. The second-order valence-corrected chi connectivity index (χ2v) is 9.85. The first-order chi connectivity index (χ1) is 15.7. The van der Waals surface area contributed by atoms with Gasteiger partial charge < -0.3 is 9.47 Å². The summed E-state index contributed by atoms with van der Waals surface area (Å²) < 4.78 is 16.0. The van der Waals surface area contributed by atoms with Crippen LogP contribution in [0.4, 0.5) is 0 Å². The molecule has 0 aliphatic carbocycles. The van der Waals surface area contributed by atoms with Gasteiger partial charge in [0.05, 0.1) is 23.6 Å². The van der Waals surface area contributed by atoms with Crippen LogP contribution < -0.4 is 9.47 Å². The molecular weight excluding hydrogens is 432 g/mol. The van der Waals surface area contributed by atoms with Crippen molar-refractivity contribution in [2.45, 2.75) is 0 Å². The normalized spacial score (nSPS) is 11.4. The van der Waals surface area contributed by atoms with Gasteiger partial charge in [-0.25, -0.2) is 0 Å². The lowest BCUT2D eigenvalue weighted by Crippen LogP contribution is -1.82. The molecule has 0 unspecified atom stereocenters. The summed E-state index contributed by atoms with van der Waals surface area (Å²) in [4.78, 5) is 0. The van der Waals surface area contributed by atoms with Crippen LogP contribution in [0.15, 0.2) is 84.9 Å². The molecule has 0 N–H and O–H groups in total. The third kappa shape index (κ3) is 3.15. The summed E-state index contributed by atoms with van der Waals surface area (Å²) in [6, 6.07) is 30.1. The van der Waals surface area contributed by atoms with Crippen LogP contribution in [0.2, 0.25) is 0 Å². The fourth-order valence-corrected chi connectivity index (χ4v) is 6.91. The number of methoxy groups -OCH3 is 2. The summed E-state index contributed by atoms with van der Waals surface area (Å²) in [6.45, 7) is 0. The van der Waals surface area contributed by atoms with Crippen molar-refractivity contribution in [1.29, 1.82) is 0 Å². The Morgan fingerprint density at radius 2 is 0.844 bits per heavy atom. The van der Waals surface area contributed by atoms with Gasteiger partial charge in [0.2, 0.25) is 0 Å². The van der Waals surface area contributed by atoms with Crippen molar-refractivity contribution in [1.82, 2.24) is 0 Å². The maximum atomic E-state index is 5.29. The van der Waals surface area contributed by atoms with Crippen molar-refractivity contribution in [3.8, 4) is 33.8 Å². The predicted octanol–water partition coefficient (Wildman–Crippen LogP) is 8.62. The molecule has 2 aromatic heterocycles. The Labute approximate surface area is 194 Å². The van der Waals surface area contributed by atoms with Crippen molar-refractivity contribution >= 4 is 52.2 Å². The van der Waals surface area contributed by atoms with Gasteiger partial charge in [-0.05, 0) is 58.7 Å². The summed E-state index contributed by atoms with van der Waals surface area (Å²) in [5.74, 6) is 1.76. The quantitative estimate of drug-likeness (QED) is 0.266. The van der Waals surface area contributed by atoms with Gasteiger partial charge in [-0.2, -0.15) is 0 Å². The highest BCUT2D eigenvalue weighted by atomic mass is 32.1.